The van der Waals surface area contributed by atoms with Gasteiger partial charge in [-0.1, -0.05) is 25.5 Å². The van der Waals surface area contributed by atoms with Gasteiger partial charge in [-0.15, -0.1) is 0 Å². The van der Waals surface area contributed by atoms with Gasteiger partial charge in [0.25, 0.3) is 0 Å². The van der Waals surface area contributed by atoms with E-state index in [1.807, 2.05) is 31.2 Å². The minimum atomic E-state index is -0.0378. The van der Waals surface area contributed by atoms with E-state index in [1.54, 1.807) is 0 Å². The third-order valence-electron chi connectivity index (χ3n) is 3.69. The first-order chi connectivity index (χ1) is 8.69. The van der Waals surface area contributed by atoms with Crippen LogP contribution >= 0.6 is 0 Å². The van der Waals surface area contributed by atoms with Crippen LogP contribution in [0.2, 0.25) is 0 Å². The maximum Gasteiger partial charge on any atom is 0.241 e. The van der Waals surface area contributed by atoms with E-state index in [2.05, 4.69) is 17.6 Å². The number of carbonyl (C=O) groups excluding carboxylic acids is 1. The van der Waals surface area contributed by atoms with Crippen LogP contribution in [0.25, 0.3) is 0 Å². The number of amides is 1. The number of hydrogen-bond donors (Lipinski definition) is 2. The lowest BCUT2D eigenvalue weighted by atomic mass is 9.90. The zero-order chi connectivity index (χ0) is 13.0. The normalized spacial score (nSPS) is 23.7. The highest BCUT2D eigenvalue weighted by Crippen LogP contribution is 2.20. The van der Waals surface area contributed by atoms with Crippen molar-refractivity contribution in [2.24, 2.45) is 5.92 Å². The molecular formula is C15H22N2O. The van der Waals surface area contributed by atoms with Crippen LogP contribution in [-0.4, -0.2) is 18.5 Å². The summed E-state index contributed by atoms with van der Waals surface area (Å²) in [4.78, 5) is 12.2. The first-order valence-corrected chi connectivity index (χ1v) is 6.80. The van der Waals surface area contributed by atoms with Gasteiger partial charge in [-0.2, -0.15) is 0 Å². The van der Waals surface area contributed by atoms with Crippen molar-refractivity contribution >= 4 is 11.6 Å². The highest BCUT2D eigenvalue weighted by molar-refractivity contribution is 5.94. The number of carbonyl (C=O) groups is 1. The Morgan fingerprint density at radius 3 is 3.06 bits per heavy atom. The molecule has 1 aromatic rings. The van der Waals surface area contributed by atoms with Crippen molar-refractivity contribution in [2.75, 3.05) is 11.9 Å². The Bertz CT molecular complexity index is 417. The summed E-state index contributed by atoms with van der Waals surface area (Å²) in [5.74, 6) is 0.776. The first-order valence-electron chi connectivity index (χ1n) is 6.80. The molecule has 0 aliphatic carbocycles. The second kappa shape index (κ2) is 6.01. The van der Waals surface area contributed by atoms with Crippen LogP contribution in [0.1, 0.15) is 31.7 Å². The van der Waals surface area contributed by atoms with Crippen LogP contribution in [0.4, 0.5) is 5.69 Å². The lowest BCUT2D eigenvalue weighted by molar-refractivity contribution is -0.119. The molecule has 0 radical (unpaired) electrons. The third-order valence-corrected chi connectivity index (χ3v) is 3.69. The second-order valence-electron chi connectivity index (χ2n) is 5.16. The number of aryl methyl sites for hydroxylation is 1. The molecule has 0 bridgehead atoms. The average Bonchev–Trinajstić information content (AvgIpc) is 2.39. The SMILES string of the molecule is CCC1CCNC(C(=O)Nc2cccc(C)c2)C1. The van der Waals surface area contributed by atoms with Crippen molar-refractivity contribution in [1.29, 1.82) is 0 Å². The summed E-state index contributed by atoms with van der Waals surface area (Å²) in [7, 11) is 0. The van der Waals surface area contributed by atoms with Crippen LogP contribution in [0.15, 0.2) is 24.3 Å². The van der Waals surface area contributed by atoms with Gasteiger partial charge in [0.2, 0.25) is 5.91 Å². The highest BCUT2D eigenvalue weighted by Gasteiger charge is 2.25. The molecular weight excluding hydrogens is 224 g/mol. The number of nitrogens with one attached hydrogen (secondary N) is 2. The summed E-state index contributed by atoms with van der Waals surface area (Å²) >= 11 is 0. The van der Waals surface area contributed by atoms with Gasteiger partial charge in [0.1, 0.15) is 0 Å². The standard InChI is InChI=1S/C15H22N2O/c1-3-12-7-8-16-14(10-12)15(18)17-13-6-4-5-11(2)9-13/h4-6,9,12,14,16H,3,7-8,10H2,1-2H3,(H,17,18). The molecule has 0 aromatic heterocycles. The van der Waals surface area contributed by atoms with Gasteiger partial charge < -0.3 is 10.6 Å². The average molecular weight is 246 g/mol. The number of anilines is 1. The van der Waals surface area contributed by atoms with Crippen molar-refractivity contribution < 1.29 is 4.79 Å². The van der Waals surface area contributed by atoms with E-state index in [0.29, 0.717) is 5.92 Å². The summed E-state index contributed by atoms with van der Waals surface area (Å²) in [6.45, 7) is 5.18. The van der Waals surface area contributed by atoms with E-state index in [-0.39, 0.29) is 11.9 Å². The number of benzene rings is 1. The number of hydrogen-bond acceptors (Lipinski definition) is 2. The van der Waals surface area contributed by atoms with Gasteiger partial charge in [0, 0.05) is 5.69 Å². The molecule has 3 heteroatoms. The molecule has 1 heterocycles. The van der Waals surface area contributed by atoms with Gasteiger partial charge in [-0.25, -0.2) is 0 Å². The van der Waals surface area contributed by atoms with E-state index in [0.717, 1.165) is 30.6 Å². The topological polar surface area (TPSA) is 41.1 Å². The third kappa shape index (κ3) is 3.33. The molecule has 18 heavy (non-hydrogen) atoms. The predicted molar refractivity (Wildman–Crippen MR) is 74.6 cm³/mol. The summed E-state index contributed by atoms with van der Waals surface area (Å²) in [5.41, 5.74) is 2.05. The molecule has 2 N–H and O–H groups in total. The fourth-order valence-corrected chi connectivity index (χ4v) is 2.52. The molecule has 2 rings (SSSR count). The molecule has 2 unspecified atom stereocenters. The maximum atomic E-state index is 12.2. The van der Waals surface area contributed by atoms with Gasteiger partial charge in [-0.3, -0.25) is 4.79 Å². The smallest absolute Gasteiger partial charge is 0.241 e. The second-order valence-corrected chi connectivity index (χ2v) is 5.16. The Morgan fingerprint density at radius 2 is 2.33 bits per heavy atom. The van der Waals surface area contributed by atoms with E-state index in [1.165, 1.54) is 6.42 Å². The Labute approximate surface area is 109 Å². The molecule has 2 atom stereocenters. The molecule has 1 aromatic carbocycles. The van der Waals surface area contributed by atoms with Gasteiger partial charge in [0.15, 0.2) is 0 Å². The predicted octanol–water partition coefficient (Wildman–Crippen LogP) is 2.71. The molecule has 0 spiro atoms. The first kappa shape index (κ1) is 13.1. The molecule has 1 fully saturated rings. The Kier molecular flexibility index (Phi) is 4.37. The van der Waals surface area contributed by atoms with Crippen molar-refractivity contribution in [3.05, 3.63) is 29.8 Å². The summed E-state index contributed by atoms with van der Waals surface area (Å²) < 4.78 is 0. The van der Waals surface area contributed by atoms with Gasteiger partial charge >= 0.3 is 0 Å². The maximum absolute atomic E-state index is 12.2. The molecule has 1 amide bonds. The molecule has 1 aliphatic heterocycles. The van der Waals surface area contributed by atoms with E-state index >= 15 is 0 Å². The molecule has 3 nitrogen and oxygen atoms in total. The van der Waals surface area contributed by atoms with E-state index in [9.17, 15) is 4.79 Å². The Hall–Kier alpha value is -1.35. The monoisotopic (exact) mass is 246 g/mol. The summed E-state index contributed by atoms with van der Waals surface area (Å²) in [5, 5.41) is 6.30. The molecule has 0 saturated carbocycles. The zero-order valence-electron chi connectivity index (χ0n) is 11.2. The van der Waals surface area contributed by atoms with Crippen LogP contribution in [0, 0.1) is 12.8 Å². The minimum Gasteiger partial charge on any atom is -0.325 e. The van der Waals surface area contributed by atoms with Crippen LogP contribution < -0.4 is 10.6 Å². The highest BCUT2D eigenvalue weighted by atomic mass is 16.2. The van der Waals surface area contributed by atoms with Crippen molar-refractivity contribution in [2.45, 2.75) is 39.2 Å². The van der Waals surface area contributed by atoms with E-state index in [4.69, 9.17) is 0 Å². The van der Waals surface area contributed by atoms with E-state index < -0.39 is 0 Å². The number of piperidine rings is 1. The Balaban J connectivity index is 1.95. The summed E-state index contributed by atoms with van der Waals surface area (Å²) in [6, 6.07) is 7.89. The zero-order valence-corrected chi connectivity index (χ0v) is 11.2. The molecule has 1 aliphatic rings. The van der Waals surface area contributed by atoms with Crippen LogP contribution in [0.3, 0.4) is 0 Å². The minimum absolute atomic E-state index is 0.0378. The lowest BCUT2D eigenvalue weighted by Gasteiger charge is -2.28. The van der Waals surface area contributed by atoms with Crippen molar-refractivity contribution in [3.63, 3.8) is 0 Å². The van der Waals surface area contributed by atoms with Gasteiger partial charge in [-0.05, 0) is 49.9 Å². The fourth-order valence-electron chi connectivity index (χ4n) is 2.52. The fraction of sp³-hybridized carbons (Fsp3) is 0.533. The van der Waals surface area contributed by atoms with Gasteiger partial charge in [0.05, 0.1) is 6.04 Å². The molecule has 1 saturated heterocycles. The van der Waals surface area contributed by atoms with Crippen molar-refractivity contribution in [1.82, 2.24) is 5.32 Å². The summed E-state index contributed by atoms with van der Waals surface area (Å²) in [6.07, 6.45) is 3.30. The number of rotatable bonds is 3. The van der Waals surface area contributed by atoms with Crippen molar-refractivity contribution in [3.8, 4) is 0 Å². The van der Waals surface area contributed by atoms with Crippen LogP contribution in [-0.2, 0) is 4.79 Å². The largest absolute Gasteiger partial charge is 0.325 e. The van der Waals surface area contributed by atoms with Crippen LogP contribution in [0.5, 0.6) is 0 Å². The lowest BCUT2D eigenvalue weighted by Crippen LogP contribution is -2.46. The Morgan fingerprint density at radius 1 is 1.50 bits per heavy atom. The molecule has 98 valence electrons. The quantitative estimate of drug-likeness (QED) is 0.861.